The molecule has 1 amide bonds. The lowest BCUT2D eigenvalue weighted by Gasteiger charge is -2.15. The Morgan fingerprint density at radius 3 is 2.93 bits per heavy atom. The van der Waals surface area contributed by atoms with E-state index in [2.05, 4.69) is 20.9 Å². The summed E-state index contributed by atoms with van der Waals surface area (Å²) in [5, 5.41) is 0. The zero-order valence-electron chi connectivity index (χ0n) is 8.19. The van der Waals surface area contributed by atoms with Crippen LogP contribution in [0.25, 0.3) is 0 Å². The Hall–Kier alpha value is -0.940. The number of hydrogen-bond acceptors (Lipinski definition) is 3. The van der Waals surface area contributed by atoms with Crippen molar-refractivity contribution in [2.75, 3.05) is 18.0 Å². The van der Waals surface area contributed by atoms with E-state index in [1.165, 1.54) is 0 Å². The first kappa shape index (κ1) is 10.6. The molecule has 0 aliphatic carbocycles. The highest BCUT2D eigenvalue weighted by Crippen LogP contribution is 2.24. The summed E-state index contributed by atoms with van der Waals surface area (Å²) in [6, 6.07) is 3.71. The summed E-state index contributed by atoms with van der Waals surface area (Å²) in [5.41, 5.74) is 6.40. The number of rotatable bonds is 2. The highest BCUT2D eigenvalue weighted by atomic mass is 79.9. The van der Waals surface area contributed by atoms with Gasteiger partial charge in [-0.15, -0.1) is 0 Å². The molecule has 1 aliphatic rings. The largest absolute Gasteiger partial charge is 0.330 e. The lowest BCUT2D eigenvalue weighted by Crippen LogP contribution is -2.25. The van der Waals surface area contributed by atoms with Gasteiger partial charge in [0, 0.05) is 13.0 Å². The molecule has 2 heterocycles. The van der Waals surface area contributed by atoms with Gasteiger partial charge in [0.25, 0.3) is 0 Å². The van der Waals surface area contributed by atoms with Crippen LogP contribution in [0.1, 0.15) is 6.42 Å². The molecule has 0 radical (unpaired) electrons. The molecule has 1 aliphatic heterocycles. The van der Waals surface area contributed by atoms with Crippen LogP contribution in [-0.2, 0) is 4.79 Å². The number of nitrogens with two attached hydrogens (primary N) is 1. The fourth-order valence-electron chi connectivity index (χ4n) is 1.72. The summed E-state index contributed by atoms with van der Waals surface area (Å²) >= 11 is 3.26. The van der Waals surface area contributed by atoms with Crippen LogP contribution in [0.2, 0.25) is 0 Å². The summed E-state index contributed by atoms with van der Waals surface area (Å²) in [6.45, 7) is 1.27. The first-order valence-corrected chi connectivity index (χ1v) is 5.62. The first-order chi connectivity index (χ1) is 7.20. The number of hydrogen-bond donors (Lipinski definition) is 1. The van der Waals surface area contributed by atoms with Crippen LogP contribution in [0.15, 0.2) is 22.9 Å². The molecule has 80 valence electrons. The molecule has 0 aromatic carbocycles. The van der Waals surface area contributed by atoms with Gasteiger partial charge in [-0.3, -0.25) is 4.79 Å². The molecule has 1 aromatic heterocycles. The maximum absolute atomic E-state index is 11.7. The molecule has 0 spiro atoms. The van der Waals surface area contributed by atoms with Crippen LogP contribution in [0.5, 0.6) is 0 Å². The average molecular weight is 270 g/mol. The minimum atomic E-state index is 0.134. The normalized spacial score (nSPS) is 21.1. The van der Waals surface area contributed by atoms with Gasteiger partial charge in [0.05, 0.1) is 11.9 Å². The molecule has 2 rings (SSSR count). The Labute approximate surface area is 96.6 Å². The molecular weight excluding hydrogens is 258 g/mol. The van der Waals surface area contributed by atoms with Crippen LogP contribution in [0.3, 0.4) is 0 Å². The standard InChI is InChI=1S/C10H12BrN3O/c11-9-2-1-8(5-13-9)14-6-7(4-12)3-10(14)15/h1-2,5,7H,3-4,6,12H2. The number of nitrogens with zero attached hydrogens (tertiary/aromatic N) is 2. The van der Waals surface area contributed by atoms with Crippen molar-refractivity contribution < 1.29 is 4.79 Å². The third-order valence-electron chi connectivity index (χ3n) is 2.56. The number of amides is 1. The van der Waals surface area contributed by atoms with Crippen LogP contribution >= 0.6 is 15.9 Å². The van der Waals surface area contributed by atoms with Crippen LogP contribution in [-0.4, -0.2) is 24.0 Å². The fraction of sp³-hybridized carbons (Fsp3) is 0.400. The molecule has 1 saturated heterocycles. The second-order valence-corrected chi connectivity index (χ2v) is 4.46. The monoisotopic (exact) mass is 269 g/mol. The minimum absolute atomic E-state index is 0.134. The highest BCUT2D eigenvalue weighted by Gasteiger charge is 2.29. The van der Waals surface area contributed by atoms with Gasteiger partial charge in [-0.25, -0.2) is 4.98 Å². The fourth-order valence-corrected chi connectivity index (χ4v) is 1.95. The van der Waals surface area contributed by atoms with E-state index in [4.69, 9.17) is 5.73 Å². The van der Waals surface area contributed by atoms with Crippen LogP contribution < -0.4 is 10.6 Å². The average Bonchev–Trinajstić information content (AvgIpc) is 2.61. The highest BCUT2D eigenvalue weighted by molar-refractivity contribution is 9.10. The maximum Gasteiger partial charge on any atom is 0.227 e. The molecule has 2 N–H and O–H groups in total. The molecule has 1 fully saturated rings. The SMILES string of the molecule is NCC1CC(=O)N(c2ccc(Br)nc2)C1. The Bertz CT molecular complexity index is 365. The number of pyridine rings is 1. The first-order valence-electron chi connectivity index (χ1n) is 4.82. The molecule has 1 unspecified atom stereocenters. The second kappa shape index (κ2) is 4.28. The number of halogens is 1. The molecule has 4 nitrogen and oxygen atoms in total. The van der Waals surface area contributed by atoms with Crippen LogP contribution in [0.4, 0.5) is 5.69 Å². The topological polar surface area (TPSA) is 59.2 Å². The van der Waals surface area contributed by atoms with Crippen LogP contribution in [0, 0.1) is 5.92 Å². The zero-order valence-corrected chi connectivity index (χ0v) is 9.77. The molecule has 0 bridgehead atoms. The lowest BCUT2D eigenvalue weighted by atomic mass is 10.1. The van der Waals surface area contributed by atoms with Gasteiger partial charge in [0.15, 0.2) is 0 Å². The lowest BCUT2D eigenvalue weighted by molar-refractivity contribution is -0.117. The van der Waals surface area contributed by atoms with E-state index in [0.717, 1.165) is 10.3 Å². The van der Waals surface area contributed by atoms with E-state index in [9.17, 15) is 4.79 Å². The predicted molar refractivity (Wildman–Crippen MR) is 61.5 cm³/mol. The van der Waals surface area contributed by atoms with Crippen molar-refractivity contribution in [2.45, 2.75) is 6.42 Å². The Kier molecular flexibility index (Phi) is 3.02. The van der Waals surface area contributed by atoms with E-state index < -0.39 is 0 Å². The molecule has 15 heavy (non-hydrogen) atoms. The van der Waals surface area contributed by atoms with Crippen molar-refractivity contribution in [1.29, 1.82) is 0 Å². The Morgan fingerprint density at radius 2 is 2.40 bits per heavy atom. The van der Waals surface area contributed by atoms with Crippen molar-refractivity contribution in [3.05, 3.63) is 22.9 Å². The van der Waals surface area contributed by atoms with Crippen molar-refractivity contribution in [3.63, 3.8) is 0 Å². The summed E-state index contributed by atoms with van der Waals surface area (Å²) < 4.78 is 0.772. The van der Waals surface area contributed by atoms with E-state index >= 15 is 0 Å². The van der Waals surface area contributed by atoms with Gasteiger partial charge in [-0.1, -0.05) is 0 Å². The predicted octanol–water partition coefficient (Wildman–Crippen LogP) is 1.16. The van der Waals surface area contributed by atoms with E-state index in [0.29, 0.717) is 19.5 Å². The number of carbonyl (C=O) groups is 1. The summed E-state index contributed by atoms with van der Waals surface area (Å²) in [7, 11) is 0. The summed E-state index contributed by atoms with van der Waals surface area (Å²) in [6.07, 6.45) is 2.24. The van der Waals surface area contributed by atoms with Gasteiger partial charge >= 0.3 is 0 Å². The van der Waals surface area contributed by atoms with E-state index in [1.807, 2.05) is 12.1 Å². The van der Waals surface area contributed by atoms with Gasteiger partial charge in [0.1, 0.15) is 4.60 Å². The molecule has 1 atom stereocenters. The van der Waals surface area contributed by atoms with Gasteiger partial charge in [0.2, 0.25) is 5.91 Å². The molecule has 5 heteroatoms. The quantitative estimate of drug-likeness (QED) is 0.820. The Balaban J connectivity index is 2.18. The molecule has 1 aromatic rings. The third kappa shape index (κ3) is 2.18. The van der Waals surface area contributed by atoms with E-state index in [-0.39, 0.29) is 11.8 Å². The van der Waals surface area contributed by atoms with Crippen molar-refractivity contribution in [1.82, 2.24) is 4.98 Å². The van der Waals surface area contributed by atoms with E-state index in [1.54, 1.807) is 11.1 Å². The summed E-state index contributed by atoms with van der Waals surface area (Å²) in [4.78, 5) is 17.5. The summed E-state index contributed by atoms with van der Waals surface area (Å²) in [5.74, 6) is 0.413. The van der Waals surface area contributed by atoms with Gasteiger partial charge in [-0.05, 0) is 40.5 Å². The molecule has 0 saturated carbocycles. The smallest absolute Gasteiger partial charge is 0.227 e. The second-order valence-electron chi connectivity index (χ2n) is 3.65. The van der Waals surface area contributed by atoms with Crippen molar-refractivity contribution >= 4 is 27.5 Å². The third-order valence-corrected chi connectivity index (χ3v) is 3.03. The Morgan fingerprint density at radius 1 is 1.60 bits per heavy atom. The molecular formula is C10H12BrN3O. The maximum atomic E-state index is 11.7. The zero-order chi connectivity index (χ0) is 10.8. The number of anilines is 1. The number of carbonyl (C=O) groups excluding carboxylic acids is 1. The van der Waals surface area contributed by atoms with Crippen molar-refractivity contribution in [2.24, 2.45) is 11.7 Å². The number of aromatic nitrogens is 1. The van der Waals surface area contributed by atoms with Gasteiger partial charge in [-0.2, -0.15) is 0 Å². The van der Waals surface area contributed by atoms with Crippen molar-refractivity contribution in [3.8, 4) is 0 Å². The minimum Gasteiger partial charge on any atom is -0.330 e. The van der Waals surface area contributed by atoms with Gasteiger partial charge < -0.3 is 10.6 Å².